The summed E-state index contributed by atoms with van der Waals surface area (Å²) in [4.78, 5) is 40.2. The van der Waals surface area contributed by atoms with Gasteiger partial charge in [0.25, 0.3) is 5.91 Å². The van der Waals surface area contributed by atoms with Crippen molar-refractivity contribution in [1.29, 1.82) is 0 Å². The maximum atomic E-state index is 12.5. The number of piperidine rings is 2. The van der Waals surface area contributed by atoms with E-state index in [1.165, 1.54) is 19.4 Å². The van der Waals surface area contributed by atoms with Crippen LogP contribution in [0, 0.1) is 10.8 Å². The Bertz CT molecular complexity index is 767. The number of anilines is 1. The molecule has 3 aliphatic rings. The minimum absolute atomic E-state index is 0.0320. The first kappa shape index (κ1) is 20.9. The predicted octanol–water partition coefficient (Wildman–Crippen LogP) is 1.01. The molecule has 30 heavy (non-hydrogen) atoms. The molecule has 4 rings (SSSR count). The van der Waals surface area contributed by atoms with Gasteiger partial charge in [0, 0.05) is 48.9 Å². The van der Waals surface area contributed by atoms with E-state index in [-0.39, 0.29) is 24.9 Å². The van der Waals surface area contributed by atoms with Crippen molar-refractivity contribution >= 4 is 17.5 Å². The van der Waals surface area contributed by atoms with Gasteiger partial charge < -0.3 is 15.5 Å². The van der Waals surface area contributed by atoms with E-state index in [1.807, 2.05) is 24.3 Å². The van der Waals surface area contributed by atoms with Crippen LogP contribution in [0.5, 0.6) is 0 Å². The van der Waals surface area contributed by atoms with E-state index in [9.17, 15) is 14.5 Å². The SMILES string of the molecule is O=C(NC1CCC(=O)[N+](=O)C1)c1ccc(N2CCN(CC3CCNCC3)CC2)cc1. The van der Waals surface area contributed by atoms with Crippen LogP contribution in [-0.4, -0.2) is 79.9 Å². The molecule has 162 valence electrons. The summed E-state index contributed by atoms with van der Waals surface area (Å²) in [6.45, 7) is 7.72. The van der Waals surface area contributed by atoms with E-state index < -0.39 is 5.91 Å². The highest BCUT2D eigenvalue weighted by Crippen LogP contribution is 2.20. The molecule has 3 aliphatic heterocycles. The average molecular weight is 415 g/mol. The number of amides is 2. The van der Waals surface area contributed by atoms with Gasteiger partial charge in [-0.2, -0.15) is 0 Å². The minimum Gasteiger partial charge on any atom is -0.369 e. The molecule has 8 nitrogen and oxygen atoms in total. The lowest BCUT2D eigenvalue weighted by Gasteiger charge is -2.38. The summed E-state index contributed by atoms with van der Waals surface area (Å²) in [6, 6.07) is 7.41. The van der Waals surface area contributed by atoms with Gasteiger partial charge in [-0.1, -0.05) is 0 Å². The Hall–Kier alpha value is -2.32. The van der Waals surface area contributed by atoms with E-state index in [0.29, 0.717) is 16.7 Å². The molecule has 0 saturated carbocycles. The molecule has 3 fully saturated rings. The molecule has 1 aromatic rings. The Morgan fingerprint density at radius 1 is 1.07 bits per heavy atom. The minimum atomic E-state index is -0.402. The molecule has 0 radical (unpaired) electrons. The summed E-state index contributed by atoms with van der Waals surface area (Å²) in [5, 5.41) is 6.31. The molecular formula is C22H32N5O3+. The standard InChI is InChI=1S/C22H31N5O3/c28-21-6-3-19(16-27(21)30)24-22(29)18-1-4-20(5-2-18)26-13-11-25(12-14-26)15-17-7-9-23-10-8-17/h1-2,4-5,17,19,23H,3,6-16H2/p+1. The normalized spacial score (nSPS) is 24.1. The predicted molar refractivity (Wildman–Crippen MR) is 115 cm³/mol. The summed E-state index contributed by atoms with van der Waals surface area (Å²) in [7, 11) is 0. The summed E-state index contributed by atoms with van der Waals surface area (Å²) in [5.41, 5.74) is 1.72. The van der Waals surface area contributed by atoms with Crippen molar-refractivity contribution in [3.63, 3.8) is 0 Å². The highest BCUT2D eigenvalue weighted by molar-refractivity contribution is 5.94. The van der Waals surface area contributed by atoms with Gasteiger partial charge in [0.1, 0.15) is 0 Å². The number of carbonyl (C=O) groups is 2. The number of benzene rings is 1. The Labute approximate surface area is 177 Å². The zero-order valence-corrected chi connectivity index (χ0v) is 17.5. The molecule has 0 aromatic heterocycles. The van der Waals surface area contributed by atoms with Crippen molar-refractivity contribution in [3.05, 3.63) is 34.7 Å². The first-order chi connectivity index (χ1) is 14.6. The molecule has 1 aromatic carbocycles. The first-order valence-electron chi connectivity index (χ1n) is 11.1. The topological polar surface area (TPSA) is 84.8 Å². The fourth-order valence-corrected chi connectivity index (χ4v) is 4.64. The second kappa shape index (κ2) is 9.66. The van der Waals surface area contributed by atoms with Crippen LogP contribution in [0.25, 0.3) is 0 Å². The Morgan fingerprint density at radius 2 is 1.77 bits per heavy atom. The lowest BCUT2D eigenvalue weighted by molar-refractivity contribution is -0.479. The molecule has 1 unspecified atom stereocenters. The number of nitrogens with one attached hydrogen (secondary N) is 2. The third kappa shape index (κ3) is 5.23. The molecule has 0 spiro atoms. The molecular weight excluding hydrogens is 382 g/mol. The zero-order valence-electron chi connectivity index (χ0n) is 17.5. The van der Waals surface area contributed by atoms with Gasteiger partial charge in [-0.3, -0.25) is 9.69 Å². The van der Waals surface area contributed by atoms with E-state index in [0.717, 1.165) is 50.9 Å². The monoisotopic (exact) mass is 414 g/mol. The Morgan fingerprint density at radius 3 is 2.43 bits per heavy atom. The van der Waals surface area contributed by atoms with Crippen molar-refractivity contribution in [2.45, 2.75) is 31.7 Å². The fraction of sp³-hybridized carbons (Fsp3) is 0.636. The second-order valence-corrected chi connectivity index (χ2v) is 8.69. The van der Waals surface area contributed by atoms with Crippen LogP contribution in [0.2, 0.25) is 0 Å². The number of piperazine rings is 1. The first-order valence-corrected chi connectivity index (χ1v) is 11.1. The van der Waals surface area contributed by atoms with Crippen LogP contribution in [0.15, 0.2) is 24.3 Å². The Kier molecular flexibility index (Phi) is 6.74. The van der Waals surface area contributed by atoms with Crippen molar-refractivity contribution < 1.29 is 14.3 Å². The smallest absolute Gasteiger partial charge is 0.369 e. The largest absolute Gasteiger partial charge is 0.433 e. The van der Waals surface area contributed by atoms with E-state index in [2.05, 4.69) is 20.4 Å². The fourth-order valence-electron chi connectivity index (χ4n) is 4.64. The highest BCUT2D eigenvalue weighted by atomic mass is 16.3. The summed E-state index contributed by atoms with van der Waals surface area (Å²) in [5.74, 6) is 0.230. The van der Waals surface area contributed by atoms with Gasteiger partial charge in [-0.25, -0.2) is 4.79 Å². The van der Waals surface area contributed by atoms with Crippen molar-refractivity contribution in [1.82, 2.24) is 15.5 Å². The van der Waals surface area contributed by atoms with E-state index >= 15 is 0 Å². The maximum absolute atomic E-state index is 12.5. The maximum Gasteiger partial charge on any atom is 0.433 e. The van der Waals surface area contributed by atoms with Crippen LogP contribution in [0.4, 0.5) is 5.69 Å². The van der Waals surface area contributed by atoms with Gasteiger partial charge in [0.05, 0.1) is 17.2 Å². The quantitative estimate of drug-likeness (QED) is 0.700. The van der Waals surface area contributed by atoms with Crippen molar-refractivity contribution in [3.8, 4) is 0 Å². The van der Waals surface area contributed by atoms with Gasteiger partial charge in [0.2, 0.25) is 6.54 Å². The van der Waals surface area contributed by atoms with E-state index in [4.69, 9.17) is 0 Å². The van der Waals surface area contributed by atoms with Crippen LogP contribution < -0.4 is 15.5 Å². The number of rotatable bonds is 5. The molecule has 0 aliphatic carbocycles. The third-order valence-electron chi connectivity index (χ3n) is 6.55. The molecule has 2 N–H and O–H groups in total. The molecule has 8 heteroatoms. The van der Waals surface area contributed by atoms with Crippen LogP contribution in [0.3, 0.4) is 0 Å². The summed E-state index contributed by atoms with van der Waals surface area (Å²) >= 11 is 0. The highest BCUT2D eigenvalue weighted by Gasteiger charge is 2.34. The number of nitrogens with zero attached hydrogens (tertiary/aromatic N) is 3. The Balaban J connectivity index is 1.25. The molecule has 0 bridgehead atoms. The molecule has 3 heterocycles. The average Bonchev–Trinajstić information content (AvgIpc) is 2.78. The summed E-state index contributed by atoms with van der Waals surface area (Å²) in [6.07, 6.45) is 3.28. The second-order valence-electron chi connectivity index (χ2n) is 8.69. The van der Waals surface area contributed by atoms with Crippen molar-refractivity contribution in [2.24, 2.45) is 5.92 Å². The van der Waals surface area contributed by atoms with E-state index in [1.54, 1.807) is 0 Å². The zero-order chi connectivity index (χ0) is 20.9. The summed E-state index contributed by atoms with van der Waals surface area (Å²) < 4.78 is 0.447. The van der Waals surface area contributed by atoms with Crippen molar-refractivity contribution in [2.75, 3.05) is 57.3 Å². The van der Waals surface area contributed by atoms with Crippen LogP contribution >= 0.6 is 0 Å². The van der Waals surface area contributed by atoms with Gasteiger partial charge in [-0.05, 0) is 62.5 Å². The lowest BCUT2D eigenvalue weighted by atomic mass is 9.97. The lowest BCUT2D eigenvalue weighted by Crippen LogP contribution is -2.48. The number of nitroso groups, excluding NO2 is 1. The van der Waals surface area contributed by atoms with Gasteiger partial charge in [0.15, 0.2) is 0 Å². The number of carbonyl (C=O) groups excluding carboxylic acids is 2. The van der Waals surface area contributed by atoms with Gasteiger partial charge in [-0.15, -0.1) is 0 Å². The molecule has 2 amide bonds. The van der Waals surface area contributed by atoms with Gasteiger partial charge >= 0.3 is 5.91 Å². The number of hydrogen-bond donors (Lipinski definition) is 2. The van der Waals surface area contributed by atoms with Crippen LogP contribution in [0.1, 0.15) is 36.0 Å². The molecule has 1 atom stereocenters. The van der Waals surface area contributed by atoms with Crippen LogP contribution in [-0.2, 0) is 4.79 Å². The third-order valence-corrected chi connectivity index (χ3v) is 6.55. The number of hydrogen-bond acceptors (Lipinski definition) is 6. The molecule has 3 saturated heterocycles.